The van der Waals surface area contributed by atoms with Gasteiger partial charge in [-0.05, 0) is 42.5 Å². The highest BCUT2D eigenvalue weighted by Gasteiger charge is 2.08. The van der Waals surface area contributed by atoms with Crippen LogP contribution in [0.4, 0.5) is 0 Å². The van der Waals surface area contributed by atoms with Crippen LogP contribution in [0.25, 0.3) is 11.0 Å². The Kier molecular flexibility index (Phi) is 3.70. The van der Waals surface area contributed by atoms with Gasteiger partial charge in [-0.25, -0.2) is 0 Å². The summed E-state index contributed by atoms with van der Waals surface area (Å²) in [7, 11) is 3.14. The van der Waals surface area contributed by atoms with E-state index in [1.165, 1.54) is 6.07 Å². The fourth-order valence-electron chi connectivity index (χ4n) is 2.05. The van der Waals surface area contributed by atoms with E-state index >= 15 is 0 Å². The van der Waals surface area contributed by atoms with Crippen molar-refractivity contribution in [3.63, 3.8) is 0 Å². The Hall–Kier alpha value is -2.95. The summed E-state index contributed by atoms with van der Waals surface area (Å²) in [5, 5.41) is 0.446. The summed E-state index contributed by atoms with van der Waals surface area (Å²) in [5.41, 5.74) is 0.250. The lowest BCUT2D eigenvalue weighted by molar-refractivity contribution is 0.352. The van der Waals surface area contributed by atoms with Crippen LogP contribution >= 0.6 is 0 Å². The van der Waals surface area contributed by atoms with Crippen molar-refractivity contribution in [2.75, 3.05) is 14.2 Å². The summed E-state index contributed by atoms with van der Waals surface area (Å²) >= 11 is 0. The van der Waals surface area contributed by atoms with E-state index in [2.05, 4.69) is 0 Å². The van der Waals surface area contributed by atoms with Crippen LogP contribution in [0.3, 0.4) is 0 Å². The predicted octanol–water partition coefficient (Wildman–Crippen LogP) is 3.60. The van der Waals surface area contributed by atoms with Gasteiger partial charge in [0.2, 0.25) is 0 Å². The first-order chi connectivity index (χ1) is 10.7. The number of ether oxygens (including phenoxy) is 3. The van der Waals surface area contributed by atoms with Crippen LogP contribution in [0.2, 0.25) is 0 Å². The second-order valence-corrected chi connectivity index (χ2v) is 4.57. The molecule has 0 spiro atoms. The van der Waals surface area contributed by atoms with Crippen molar-refractivity contribution in [3.8, 4) is 23.2 Å². The van der Waals surface area contributed by atoms with E-state index in [9.17, 15) is 4.79 Å². The summed E-state index contributed by atoms with van der Waals surface area (Å²) in [6.07, 6.45) is 0. The number of fused-ring (bicyclic) bond motifs is 1. The number of benzene rings is 2. The van der Waals surface area contributed by atoms with E-state index in [1.54, 1.807) is 56.7 Å². The van der Waals surface area contributed by atoms with Crippen LogP contribution in [0.15, 0.2) is 57.7 Å². The molecule has 0 saturated heterocycles. The molecule has 3 rings (SSSR count). The summed E-state index contributed by atoms with van der Waals surface area (Å²) in [6, 6.07) is 13.3. The maximum Gasteiger partial charge on any atom is 0.294 e. The maximum absolute atomic E-state index is 12.1. The second kappa shape index (κ2) is 5.81. The Balaban J connectivity index is 1.95. The Bertz CT molecular complexity index is 849. The van der Waals surface area contributed by atoms with Crippen LogP contribution in [0.5, 0.6) is 23.2 Å². The zero-order valence-corrected chi connectivity index (χ0v) is 12.2. The van der Waals surface area contributed by atoms with Crippen molar-refractivity contribution in [1.29, 1.82) is 0 Å². The van der Waals surface area contributed by atoms with Crippen LogP contribution in [0, 0.1) is 0 Å². The van der Waals surface area contributed by atoms with Crippen molar-refractivity contribution < 1.29 is 18.6 Å². The lowest BCUT2D eigenvalue weighted by Gasteiger charge is -2.07. The minimum absolute atomic E-state index is 0.132. The van der Waals surface area contributed by atoms with Gasteiger partial charge in [0, 0.05) is 0 Å². The first-order valence-corrected chi connectivity index (χ1v) is 6.63. The van der Waals surface area contributed by atoms with Crippen molar-refractivity contribution >= 4 is 11.0 Å². The fraction of sp³-hybridized carbons (Fsp3) is 0.118. The predicted molar refractivity (Wildman–Crippen MR) is 82.1 cm³/mol. The monoisotopic (exact) mass is 298 g/mol. The van der Waals surface area contributed by atoms with Gasteiger partial charge in [-0.1, -0.05) is 0 Å². The van der Waals surface area contributed by atoms with E-state index in [-0.39, 0.29) is 11.4 Å². The number of hydrogen-bond acceptors (Lipinski definition) is 5. The van der Waals surface area contributed by atoms with Crippen LogP contribution < -0.4 is 19.6 Å². The number of hydrogen-bond donors (Lipinski definition) is 0. The normalized spacial score (nSPS) is 10.5. The molecule has 0 atom stereocenters. The highest BCUT2D eigenvalue weighted by Crippen LogP contribution is 2.26. The lowest BCUT2D eigenvalue weighted by Crippen LogP contribution is -2.01. The van der Waals surface area contributed by atoms with E-state index in [0.29, 0.717) is 22.5 Å². The van der Waals surface area contributed by atoms with Gasteiger partial charge in [-0.3, -0.25) is 4.79 Å². The lowest BCUT2D eigenvalue weighted by atomic mass is 10.2. The third-order valence-corrected chi connectivity index (χ3v) is 3.19. The van der Waals surface area contributed by atoms with Gasteiger partial charge >= 0.3 is 0 Å². The molecule has 0 radical (unpaired) electrons. The van der Waals surface area contributed by atoms with Gasteiger partial charge in [0.05, 0.1) is 25.7 Å². The molecular formula is C17H14O5. The molecule has 1 aromatic heterocycles. The Labute approximate surface area is 126 Å². The topological polar surface area (TPSA) is 57.9 Å². The van der Waals surface area contributed by atoms with Crippen LogP contribution in [0.1, 0.15) is 0 Å². The number of rotatable bonds is 4. The largest absolute Gasteiger partial charge is 0.497 e. The number of methoxy groups -OCH3 is 2. The van der Waals surface area contributed by atoms with E-state index < -0.39 is 0 Å². The van der Waals surface area contributed by atoms with E-state index in [4.69, 9.17) is 18.6 Å². The summed E-state index contributed by atoms with van der Waals surface area (Å²) in [6.45, 7) is 0. The Morgan fingerprint density at radius 3 is 2.14 bits per heavy atom. The SMILES string of the molecule is COc1ccc(Oc2cc(=O)c3cc(OC)ccc3o2)cc1. The fourth-order valence-corrected chi connectivity index (χ4v) is 2.05. The molecule has 5 heteroatoms. The van der Waals surface area contributed by atoms with Crippen molar-refractivity contribution in [2.45, 2.75) is 0 Å². The zero-order chi connectivity index (χ0) is 15.5. The molecule has 0 N–H and O–H groups in total. The molecule has 0 aliphatic carbocycles. The molecular weight excluding hydrogens is 284 g/mol. The van der Waals surface area contributed by atoms with Gasteiger partial charge in [-0.2, -0.15) is 0 Å². The Morgan fingerprint density at radius 1 is 0.818 bits per heavy atom. The van der Waals surface area contributed by atoms with E-state index in [1.807, 2.05) is 0 Å². The summed E-state index contributed by atoms with van der Waals surface area (Å²) in [4.78, 5) is 12.1. The van der Waals surface area contributed by atoms with Gasteiger partial charge in [0.15, 0.2) is 5.43 Å². The quantitative estimate of drug-likeness (QED) is 0.736. The molecule has 0 fully saturated rings. The third-order valence-electron chi connectivity index (χ3n) is 3.19. The molecule has 0 unspecified atom stereocenters. The molecule has 112 valence electrons. The molecule has 3 aromatic rings. The van der Waals surface area contributed by atoms with Gasteiger partial charge in [-0.15, -0.1) is 0 Å². The highest BCUT2D eigenvalue weighted by molar-refractivity contribution is 5.78. The summed E-state index contributed by atoms with van der Waals surface area (Å²) < 4.78 is 21.3. The average molecular weight is 298 g/mol. The average Bonchev–Trinajstić information content (AvgIpc) is 2.55. The zero-order valence-electron chi connectivity index (χ0n) is 12.2. The molecule has 22 heavy (non-hydrogen) atoms. The van der Waals surface area contributed by atoms with Crippen molar-refractivity contribution in [3.05, 3.63) is 58.8 Å². The highest BCUT2D eigenvalue weighted by atomic mass is 16.6. The van der Waals surface area contributed by atoms with Crippen LogP contribution in [-0.4, -0.2) is 14.2 Å². The molecule has 1 heterocycles. The molecule has 5 nitrogen and oxygen atoms in total. The smallest absolute Gasteiger partial charge is 0.294 e. The van der Waals surface area contributed by atoms with Crippen LogP contribution in [-0.2, 0) is 0 Å². The molecule has 0 amide bonds. The Morgan fingerprint density at radius 2 is 1.45 bits per heavy atom. The standard InChI is InChI=1S/C17H14O5/c1-19-11-3-5-12(6-4-11)21-17-10-15(18)14-9-13(20-2)7-8-16(14)22-17/h3-10H,1-2H3. The van der Waals surface area contributed by atoms with Crippen molar-refractivity contribution in [2.24, 2.45) is 0 Å². The molecule has 0 aliphatic heterocycles. The minimum Gasteiger partial charge on any atom is -0.497 e. The molecule has 0 bridgehead atoms. The minimum atomic E-state index is -0.191. The first-order valence-electron chi connectivity index (χ1n) is 6.63. The van der Waals surface area contributed by atoms with Gasteiger partial charge in [0.25, 0.3) is 5.95 Å². The third kappa shape index (κ3) is 2.74. The van der Waals surface area contributed by atoms with Gasteiger partial charge < -0.3 is 18.6 Å². The van der Waals surface area contributed by atoms with Crippen molar-refractivity contribution in [1.82, 2.24) is 0 Å². The molecule has 2 aromatic carbocycles. The molecule has 0 saturated carbocycles. The maximum atomic E-state index is 12.1. The first kappa shape index (κ1) is 14.0. The summed E-state index contributed by atoms with van der Waals surface area (Å²) in [5.74, 6) is 2.01. The molecule has 0 aliphatic rings. The second-order valence-electron chi connectivity index (χ2n) is 4.57. The van der Waals surface area contributed by atoms with E-state index in [0.717, 1.165) is 5.75 Å². The van der Waals surface area contributed by atoms with Gasteiger partial charge in [0.1, 0.15) is 22.8 Å².